The largest absolute Gasteiger partial charge is 0.480 e. The fourth-order valence-electron chi connectivity index (χ4n) is 4.64. The van der Waals surface area contributed by atoms with Crippen LogP contribution in [0.3, 0.4) is 0 Å². The summed E-state index contributed by atoms with van der Waals surface area (Å²) in [4.78, 5) is 63.8. The molecule has 4 amide bonds. The Morgan fingerprint density at radius 3 is 1.81 bits per heavy atom. The number of nitrogens with one attached hydrogen (secondary N) is 4. The lowest BCUT2D eigenvalue weighted by Crippen LogP contribution is -2.60. The van der Waals surface area contributed by atoms with Gasteiger partial charge in [0.25, 0.3) is 0 Å². The lowest BCUT2D eigenvalue weighted by Gasteiger charge is -2.29. The van der Waals surface area contributed by atoms with Crippen molar-refractivity contribution < 1.29 is 29.1 Å². The van der Waals surface area contributed by atoms with E-state index in [1.54, 1.807) is 20.8 Å². The van der Waals surface area contributed by atoms with Crippen LogP contribution < -0.4 is 21.3 Å². The second-order valence-electron chi connectivity index (χ2n) is 13.0. The number of aliphatic carboxylic acids is 1. The molecule has 0 aliphatic heterocycles. The summed E-state index contributed by atoms with van der Waals surface area (Å²) in [5.74, 6) is -2.20. The van der Waals surface area contributed by atoms with Crippen molar-refractivity contribution in [3.63, 3.8) is 0 Å². The van der Waals surface area contributed by atoms with Crippen LogP contribution in [0.15, 0.2) is 34.9 Å². The zero-order valence-electron chi connectivity index (χ0n) is 30.9. The molecule has 0 unspecified atom stereocenters. The minimum atomic E-state index is -1.14. The summed E-state index contributed by atoms with van der Waals surface area (Å²) in [6, 6.07) is -3.91. The van der Waals surface area contributed by atoms with E-state index in [1.807, 2.05) is 13.2 Å². The van der Waals surface area contributed by atoms with Crippen molar-refractivity contribution in [2.24, 2.45) is 11.8 Å². The molecular weight excluding hydrogens is 649 g/mol. The van der Waals surface area contributed by atoms with Gasteiger partial charge in [-0.05, 0) is 83.6 Å². The van der Waals surface area contributed by atoms with E-state index >= 15 is 0 Å². The van der Waals surface area contributed by atoms with Crippen LogP contribution in [0.25, 0.3) is 0 Å². The number of carbonyl (C=O) groups excluding carboxylic acids is 4. The average molecular weight is 711 g/mol. The predicted octanol–water partition coefficient (Wildman–Crippen LogP) is 5.64. The number of carbonyl (C=O) groups is 5. The lowest BCUT2D eigenvalue weighted by molar-refractivity contribution is -0.142. The standard InChI is InChI=1S/C36H62N4O6S2/c1-11-27(8)32(35(44)38-29(36(45)46)19-20-47-10)40-34(43)31(24(4)5)39-33(42)30(37-28(9)41)22-48-21-18-26(7)17-13-16-25(6)15-12-14-23(2)3/h14,16,18,24,27,29-32H,11-13,15,17,19-22H2,1-10H3,(H,37,41)(H,38,44)(H,39,42)(H,40,43)(H,45,46)/t27-,29-,30-,31-,32-/m0/s1. The summed E-state index contributed by atoms with van der Waals surface area (Å²) in [7, 11) is 0. The Morgan fingerprint density at radius 1 is 0.729 bits per heavy atom. The maximum atomic E-state index is 13.5. The van der Waals surface area contributed by atoms with Gasteiger partial charge < -0.3 is 26.4 Å². The van der Waals surface area contributed by atoms with Gasteiger partial charge in [0, 0.05) is 18.4 Å². The van der Waals surface area contributed by atoms with Crippen molar-refractivity contribution >= 4 is 53.1 Å². The fourth-order valence-corrected chi connectivity index (χ4v) is 6.12. The lowest BCUT2D eigenvalue weighted by atomic mass is 9.96. The zero-order chi connectivity index (χ0) is 36.8. The molecule has 0 aliphatic carbocycles. The van der Waals surface area contributed by atoms with Gasteiger partial charge in [0.2, 0.25) is 23.6 Å². The highest BCUT2D eigenvalue weighted by Crippen LogP contribution is 2.15. The molecule has 0 aliphatic rings. The molecule has 5 N–H and O–H groups in total. The van der Waals surface area contributed by atoms with Gasteiger partial charge in [0.1, 0.15) is 24.2 Å². The van der Waals surface area contributed by atoms with Gasteiger partial charge in [0.05, 0.1) is 0 Å². The number of thioether (sulfide) groups is 2. The van der Waals surface area contributed by atoms with Crippen LogP contribution >= 0.6 is 23.5 Å². The van der Waals surface area contributed by atoms with E-state index in [4.69, 9.17) is 0 Å². The molecule has 0 aromatic rings. The van der Waals surface area contributed by atoms with Crippen LogP contribution in [0.1, 0.15) is 101 Å². The predicted molar refractivity (Wildman–Crippen MR) is 201 cm³/mol. The molecule has 10 nitrogen and oxygen atoms in total. The summed E-state index contributed by atoms with van der Waals surface area (Å²) >= 11 is 2.99. The Bertz CT molecular complexity index is 1130. The molecule has 5 atom stereocenters. The Morgan fingerprint density at radius 2 is 1.29 bits per heavy atom. The third-order valence-corrected chi connectivity index (χ3v) is 9.53. The second kappa shape index (κ2) is 25.3. The minimum absolute atomic E-state index is 0.250. The molecule has 0 heterocycles. The summed E-state index contributed by atoms with van der Waals surface area (Å²) < 4.78 is 0. The monoisotopic (exact) mass is 710 g/mol. The maximum absolute atomic E-state index is 13.5. The SMILES string of the molecule is CC[C@H](C)[C@H](NC(=O)[C@@H](NC(=O)[C@H](CSCC=C(C)CCC=C(C)CCC=C(C)C)NC(C)=O)C(C)C)C(=O)N[C@@H](CCSC)C(=O)O. The Balaban J connectivity index is 5.42. The summed E-state index contributed by atoms with van der Waals surface area (Å²) in [6.45, 7) is 17.1. The van der Waals surface area contributed by atoms with Crippen molar-refractivity contribution in [1.29, 1.82) is 0 Å². The highest BCUT2D eigenvalue weighted by atomic mass is 32.2. The number of allylic oxidation sites excluding steroid dienone is 5. The van der Waals surface area contributed by atoms with Gasteiger partial charge in [-0.25, -0.2) is 4.79 Å². The van der Waals surface area contributed by atoms with Gasteiger partial charge in [-0.3, -0.25) is 19.2 Å². The van der Waals surface area contributed by atoms with Gasteiger partial charge in [-0.1, -0.05) is 69.1 Å². The fraction of sp³-hybridized carbons (Fsp3) is 0.694. The Kier molecular flexibility index (Phi) is 23.8. The Labute approximate surface area is 297 Å². The summed E-state index contributed by atoms with van der Waals surface area (Å²) in [5.41, 5.74) is 3.98. The van der Waals surface area contributed by atoms with Gasteiger partial charge >= 0.3 is 5.97 Å². The smallest absolute Gasteiger partial charge is 0.326 e. The van der Waals surface area contributed by atoms with E-state index in [0.29, 0.717) is 23.7 Å². The number of amides is 4. The molecule has 0 spiro atoms. The van der Waals surface area contributed by atoms with Gasteiger partial charge in [0.15, 0.2) is 0 Å². The molecule has 12 heteroatoms. The first-order valence-electron chi connectivity index (χ1n) is 17.0. The van der Waals surface area contributed by atoms with Crippen molar-refractivity contribution in [2.45, 2.75) is 125 Å². The van der Waals surface area contributed by atoms with E-state index in [9.17, 15) is 29.1 Å². The highest BCUT2D eigenvalue weighted by Gasteiger charge is 2.34. The van der Waals surface area contributed by atoms with E-state index in [2.05, 4.69) is 67.2 Å². The molecule has 0 saturated heterocycles. The Hall–Kier alpha value is -2.73. The second-order valence-corrected chi connectivity index (χ2v) is 15.1. The van der Waals surface area contributed by atoms with E-state index in [0.717, 1.165) is 25.7 Å². The van der Waals surface area contributed by atoms with E-state index in [1.165, 1.54) is 47.2 Å². The first kappa shape index (κ1) is 45.3. The summed E-state index contributed by atoms with van der Waals surface area (Å²) in [5, 5.41) is 20.4. The van der Waals surface area contributed by atoms with Crippen LogP contribution in [0.5, 0.6) is 0 Å². The molecule has 0 saturated carbocycles. The zero-order valence-corrected chi connectivity index (χ0v) is 32.5. The molecule has 0 aromatic heterocycles. The summed E-state index contributed by atoms with van der Waals surface area (Å²) in [6.07, 6.45) is 13.4. The van der Waals surface area contributed by atoms with Gasteiger partial charge in [-0.15, -0.1) is 0 Å². The maximum Gasteiger partial charge on any atom is 0.326 e. The number of hydrogen-bond donors (Lipinski definition) is 5. The molecule has 0 fully saturated rings. The third kappa shape index (κ3) is 19.9. The van der Waals surface area contributed by atoms with Gasteiger partial charge in [-0.2, -0.15) is 23.5 Å². The topological polar surface area (TPSA) is 154 Å². The van der Waals surface area contributed by atoms with E-state index < -0.39 is 47.9 Å². The van der Waals surface area contributed by atoms with Crippen molar-refractivity contribution in [1.82, 2.24) is 21.3 Å². The molecule has 0 radical (unpaired) electrons. The van der Waals surface area contributed by atoms with Crippen LogP contribution in [-0.4, -0.2) is 82.4 Å². The first-order valence-corrected chi connectivity index (χ1v) is 19.5. The highest BCUT2D eigenvalue weighted by molar-refractivity contribution is 7.99. The van der Waals surface area contributed by atoms with Crippen LogP contribution in [0.4, 0.5) is 0 Å². The van der Waals surface area contributed by atoms with Crippen molar-refractivity contribution in [3.8, 4) is 0 Å². The van der Waals surface area contributed by atoms with Crippen LogP contribution in [0.2, 0.25) is 0 Å². The van der Waals surface area contributed by atoms with Crippen molar-refractivity contribution in [2.75, 3.05) is 23.5 Å². The normalized spacial score (nSPS) is 15.1. The molecule has 0 aromatic carbocycles. The third-order valence-electron chi connectivity index (χ3n) is 7.92. The number of rotatable bonds is 24. The molecule has 0 rings (SSSR count). The molecule has 48 heavy (non-hydrogen) atoms. The molecule has 0 bridgehead atoms. The molecule has 274 valence electrons. The molecular formula is C36H62N4O6S2. The minimum Gasteiger partial charge on any atom is -0.480 e. The quantitative estimate of drug-likeness (QED) is 0.0638. The number of carboxylic acid groups (broad SMARTS) is 1. The average Bonchev–Trinajstić information content (AvgIpc) is 3.00. The first-order chi connectivity index (χ1) is 22.5. The van der Waals surface area contributed by atoms with Crippen LogP contribution in [0, 0.1) is 11.8 Å². The number of carboxylic acids is 1. The number of hydrogen-bond acceptors (Lipinski definition) is 7. The van der Waals surface area contributed by atoms with Crippen molar-refractivity contribution in [3.05, 3.63) is 34.9 Å². The van der Waals surface area contributed by atoms with E-state index in [-0.39, 0.29) is 24.2 Å². The van der Waals surface area contributed by atoms with Crippen LogP contribution in [-0.2, 0) is 24.0 Å².